The lowest BCUT2D eigenvalue weighted by molar-refractivity contribution is 0.0690. The van der Waals surface area contributed by atoms with E-state index in [9.17, 15) is 9.18 Å². The number of hydrogen-bond acceptors (Lipinski definition) is 6. The molecule has 4 aromatic heterocycles. The molecule has 10 heteroatoms. The van der Waals surface area contributed by atoms with Crippen LogP contribution in [0.4, 0.5) is 10.2 Å². The van der Waals surface area contributed by atoms with Crippen LogP contribution in [-0.2, 0) is 6.42 Å². The van der Waals surface area contributed by atoms with Crippen LogP contribution in [0.5, 0.6) is 0 Å². The van der Waals surface area contributed by atoms with Crippen LogP contribution in [0.1, 0.15) is 33.6 Å². The molecule has 2 N–H and O–H groups in total. The largest absolute Gasteiger partial charge is 0.476 e. The molecule has 0 aliphatic carbocycles. The molecule has 4 aromatic rings. The van der Waals surface area contributed by atoms with Crippen molar-refractivity contribution in [2.45, 2.75) is 12.5 Å². The van der Waals surface area contributed by atoms with E-state index in [0.29, 0.717) is 30.0 Å². The van der Waals surface area contributed by atoms with Gasteiger partial charge in [0.05, 0.1) is 30.1 Å². The second kappa shape index (κ2) is 6.12. The van der Waals surface area contributed by atoms with Crippen LogP contribution in [-0.4, -0.2) is 47.2 Å². The number of imidazole rings is 1. The van der Waals surface area contributed by atoms with Crippen molar-refractivity contribution in [2.24, 2.45) is 0 Å². The average Bonchev–Trinajstić information content (AvgIpc) is 3.34. The molecule has 1 atom stereocenters. The minimum Gasteiger partial charge on any atom is -0.476 e. The molecule has 28 heavy (non-hydrogen) atoms. The highest BCUT2D eigenvalue weighted by Gasteiger charge is 2.34. The highest BCUT2D eigenvalue weighted by Crippen LogP contribution is 2.35. The van der Waals surface area contributed by atoms with Crippen molar-refractivity contribution in [3.63, 3.8) is 0 Å². The lowest BCUT2D eigenvalue weighted by Crippen LogP contribution is -2.37. The Morgan fingerprint density at radius 2 is 2.18 bits per heavy atom. The zero-order valence-electron chi connectivity index (χ0n) is 14.4. The summed E-state index contributed by atoms with van der Waals surface area (Å²) in [5.41, 5.74) is 2.61. The summed E-state index contributed by atoms with van der Waals surface area (Å²) in [6.07, 6.45) is 6.65. The third kappa shape index (κ3) is 2.49. The summed E-state index contributed by atoms with van der Waals surface area (Å²) in [6, 6.07) is 4.26. The fraction of sp³-hybridized carbons (Fsp3) is 0.167. The van der Waals surface area contributed by atoms with Crippen molar-refractivity contribution in [1.29, 1.82) is 0 Å². The molecule has 1 aliphatic rings. The number of carboxylic acid groups (broad SMARTS) is 1. The van der Waals surface area contributed by atoms with Gasteiger partial charge in [-0.05, 0) is 18.2 Å². The fourth-order valence-corrected chi connectivity index (χ4v) is 3.54. The lowest BCUT2D eigenvalue weighted by atomic mass is 10.00. The molecule has 0 bridgehead atoms. The van der Waals surface area contributed by atoms with Gasteiger partial charge in [-0.2, -0.15) is 5.10 Å². The molecule has 0 saturated heterocycles. The number of carbonyl (C=O) groups is 1. The highest BCUT2D eigenvalue weighted by atomic mass is 19.1. The molecule has 0 radical (unpaired) electrons. The van der Waals surface area contributed by atoms with Crippen molar-refractivity contribution in [3.05, 3.63) is 71.7 Å². The SMILES string of the molecule is O=C(O)c1cnc(N2CCc3[nH]cnc3C2c2cc3c(F)cccn3n2)cn1. The molecule has 1 aliphatic heterocycles. The number of rotatable bonds is 3. The number of fused-ring (bicyclic) bond motifs is 2. The average molecular weight is 379 g/mol. The number of halogens is 1. The lowest BCUT2D eigenvalue weighted by Gasteiger charge is -2.34. The van der Waals surface area contributed by atoms with E-state index in [1.165, 1.54) is 23.0 Å². The Labute approximate surface area is 157 Å². The quantitative estimate of drug-likeness (QED) is 0.558. The number of H-pyrrole nitrogens is 1. The number of nitrogens with one attached hydrogen (secondary N) is 1. The maximum Gasteiger partial charge on any atom is 0.356 e. The first-order valence-corrected chi connectivity index (χ1v) is 8.60. The predicted molar refractivity (Wildman–Crippen MR) is 95.6 cm³/mol. The highest BCUT2D eigenvalue weighted by molar-refractivity contribution is 5.84. The number of pyridine rings is 1. The zero-order chi connectivity index (χ0) is 19.3. The van der Waals surface area contributed by atoms with Crippen LogP contribution >= 0.6 is 0 Å². The first kappa shape index (κ1) is 16.4. The smallest absolute Gasteiger partial charge is 0.356 e. The van der Waals surface area contributed by atoms with Gasteiger partial charge in [0.1, 0.15) is 23.2 Å². The van der Waals surface area contributed by atoms with Gasteiger partial charge in [0.15, 0.2) is 5.69 Å². The Morgan fingerprint density at radius 1 is 1.29 bits per heavy atom. The van der Waals surface area contributed by atoms with Gasteiger partial charge in [0, 0.05) is 24.9 Å². The summed E-state index contributed by atoms with van der Waals surface area (Å²) in [5, 5.41) is 13.6. The van der Waals surface area contributed by atoms with Gasteiger partial charge in [-0.25, -0.2) is 28.7 Å². The van der Waals surface area contributed by atoms with Crippen molar-refractivity contribution < 1.29 is 14.3 Å². The molecular formula is C18H14FN7O2. The van der Waals surface area contributed by atoms with Crippen LogP contribution < -0.4 is 4.90 Å². The van der Waals surface area contributed by atoms with Crippen LogP contribution in [0.2, 0.25) is 0 Å². The number of aromatic amines is 1. The summed E-state index contributed by atoms with van der Waals surface area (Å²) in [4.78, 5) is 28.8. The Hall–Kier alpha value is -3.82. The van der Waals surface area contributed by atoms with Crippen molar-refractivity contribution in [3.8, 4) is 0 Å². The Bertz CT molecular complexity index is 1180. The first-order chi connectivity index (χ1) is 13.6. The monoisotopic (exact) mass is 379 g/mol. The van der Waals surface area contributed by atoms with E-state index < -0.39 is 12.0 Å². The molecule has 1 unspecified atom stereocenters. The molecule has 5 heterocycles. The van der Waals surface area contributed by atoms with Crippen LogP contribution in [0.3, 0.4) is 0 Å². The summed E-state index contributed by atoms with van der Waals surface area (Å²) >= 11 is 0. The van der Waals surface area contributed by atoms with E-state index >= 15 is 0 Å². The van der Waals surface area contributed by atoms with Crippen molar-refractivity contribution in [2.75, 3.05) is 11.4 Å². The molecule has 0 aromatic carbocycles. The van der Waals surface area contributed by atoms with Crippen LogP contribution in [0.15, 0.2) is 43.1 Å². The van der Waals surface area contributed by atoms with Crippen LogP contribution in [0, 0.1) is 5.82 Å². The van der Waals surface area contributed by atoms with Gasteiger partial charge in [-0.1, -0.05) is 0 Å². The van der Waals surface area contributed by atoms with E-state index in [1.54, 1.807) is 24.7 Å². The number of aromatic carboxylic acids is 1. The maximum absolute atomic E-state index is 14.2. The van der Waals surface area contributed by atoms with Gasteiger partial charge < -0.3 is 15.0 Å². The fourth-order valence-electron chi connectivity index (χ4n) is 3.54. The van der Waals surface area contributed by atoms with Gasteiger partial charge in [0.2, 0.25) is 0 Å². The number of anilines is 1. The molecular weight excluding hydrogens is 365 g/mol. The molecule has 140 valence electrons. The molecule has 0 saturated carbocycles. The topological polar surface area (TPSA) is 112 Å². The van der Waals surface area contributed by atoms with Gasteiger partial charge >= 0.3 is 5.97 Å². The van der Waals surface area contributed by atoms with Gasteiger partial charge in [0.25, 0.3) is 0 Å². The van der Waals surface area contributed by atoms with E-state index in [0.717, 1.165) is 11.4 Å². The third-order valence-corrected chi connectivity index (χ3v) is 4.83. The van der Waals surface area contributed by atoms with E-state index in [1.807, 2.05) is 4.90 Å². The molecule has 0 amide bonds. The summed E-state index contributed by atoms with van der Waals surface area (Å²) in [5.74, 6) is -1.00. The Kier molecular flexibility index (Phi) is 3.57. The molecule has 9 nitrogen and oxygen atoms in total. The predicted octanol–water partition coefficient (Wildman–Crippen LogP) is 1.84. The Balaban J connectivity index is 1.63. The van der Waals surface area contributed by atoms with Crippen molar-refractivity contribution in [1.82, 2.24) is 29.5 Å². The Morgan fingerprint density at radius 3 is 2.93 bits per heavy atom. The van der Waals surface area contributed by atoms with E-state index in [2.05, 4.69) is 25.0 Å². The van der Waals surface area contributed by atoms with Crippen LogP contribution in [0.25, 0.3) is 5.52 Å². The van der Waals surface area contributed by atoms with Gasteiger partial charge in [-0.3, -0.25) is 0 Å². The number of carboxylic acids is 1. The minimum atomic E-state index is -1.14. The number of aromatic nitrogens is 6. The van der Waals surface area contributed by atoms with Crippen molar-refractivity contribution >= 4 is 17.3 Å². The second-order valence-electron chi connectivity index (χ2n) is 6.43. The third-order valence-electron chi connectivity index (χ3n) is 4.83. The minimum absolute atomic E-state index is 0.132. The van der Waals surface area contributed by atoms with E-state index in [4.69, 9.17) is 5.11 Å². The number of nitrogens with zero attached hydrogens (tertiary/aromatic N) is 6. The summed E-state index contributed by atoms with van der Waals surface area (Å²) in [7, 11) is 0. The second-order valence-corrected chi connectivity index (χ2v) is 6.43. The molecule has 5 rings (SSSR count). The molecule has 0 spiro atoms. The normalized spacial score (nSPS) is 16.3. The molecule has 0 fully saturated rings. The summed E-state index contributed by atoms with van der Waals surface area (Å²) < 4.78 is 15.7. The zero-order valence-corrected chi connectivity index (χ0v) is 14.4. The summed E-state index contributed by atoms with van der Waals surface area (Å²) in [6.45, 7) is 0.595. The van der Waals surface area contributed by atoms with E-state index in [-0.39, 0.29) is 11.5 Å². The standard InChI is InChI=1S/C18H14FN7O2/c19-10-2-1-4-26-14(10)6-12(24-26)17-16-11(22-9-23-16)3-5-25(17)15-8-20-13(7-21-15)18(27)28/h1-2,4,6-9,17H,3,5H2,(H,22,23)(H,27,28). The maximum atomic E-state index is 14.2. The van der Waals surface area contributed by atoms with Gasteiger partial charge in [-0.15, -0.1) is 0 Å². The number of hydrogen-bond donors (Lipinski definition) is 2. The first-order valence-electron chi connectivity index (χ1n) is 8.60.